The minimum Gasteiger partial charge on any atom is -0.462 e. The van der Waals surface area contributed by atoms with Crippen molar-refractivity contribution in [2.24, 2.45) is 0 Å². The first kappa shape index (κ1) is 45.4. The van der Waals surface area contributed by atoms with Crippen LogP contribution in [0.1, 0.15) is 128 Å². The van der Waals surface area contributed by atoms with Crippen LogP contribution in [0.25, 0.3) is 0 Å². The van der Waals surface area contributed by atoms with E-state index in [1.54, 1.807) is 0 Å². The summed E-state index contributed by atoms with van der Waals surface area (Å²) in [5.74, 6) is 3.14. The summed E-state index contributed by atoms with van der Waals surface area (Å²) in [7, 11) is 15.4. The van der Waals surface area contributed by atoms with E-state index in [1.807, 2.05) is 86.4 Å². The number of carbonyl (C=O) groups is 4. The lowest BCUT2D eigenvalue weighted by Crippen LogP contribution is -2.42. The lowest BCUT2D eigenvalue weighted by molar-refractivity contribution is -0.183. The van der Waals surface area contributed by atoms with Crippen LogP contribution >= 0.6 is 86.4 Å². The van der Waals surface area contributed by atoms with Gasteiger partial charge in [-0.2, -0.15) is 0 Å². The van der Waals surface area contributed by atoms with Gasteiger partial charge in [0.25, 0.3) is 0 Å². The van der Waals surface area contributed by atoms with Gasteiger partial charge in [-0.3, -0.25) is 19.2 Å². The van der Waals surface area contributed by atoms with Gasteiger partial charge < -0.3 is 18.9 Å². The van der Waals surface area contributed by atoms with Gasteiger partial charge in [-0.15, -0.1) is 0 Å². The molecule has 16 heteroatoms. The maximum absolute atomic E-state index is 13.1. The molecule has 4 fully saturated rings. The molecular weight excluding hydrogens is 817 g/mol. The van der Waals surface area contributed by atoms with E-state index in [-0.39, 0.29) is 50.8 Å². The van der Waals surface area contributed by atoms with Gasteiger partial charge in [0.15, 0.2) is 12.2 Å². The van der Waals surface area contributed by atoms with Gasteiger partial charge >= 0.3 is 23.9 Å². The number of rotatable bonds is 27. The third-order valence-electron chi connectivity index (χ3n) is 9.33. The lowest BCUT2D eigenvalue weighted by Gasteiger charge is -2.27. The number of ether oxygens (including phenoxy) is 4. The van der Waals surface area contributed by atoms with Gasteiger partial charge in [0.05, 0.1) is 0 Å². The molecule has 0 spiro atoms. The Morgan fingerprint density at radius 3 is 0.981 bits per heavy atom. The van der Waals surface area contributed by atoms with Crippen LogP contribution in [-0.4, -0.2) is 93.3 Å². The normalized spacial score (nSPS) is 24.1. The van der Waals surface area contributed by atoms with Crippen LogP contribution in [0, 0.1) is 0 Å². The van der Waals surface area contributed by atoms with Crippen LogP contribution in [0.4, 0.5) is 0 Å². The fraction of sp³-hybridized carbons (Fsp3) is 0.889. The van der Waals surface area contributed by atoms with E-state index in [9.17, 15) is 19.2 Å². The predicted octanol–water partition coefficient (Wildman–Crippen LogP) is 10.8. The standard InChI is InChI=1S/C36H58O8S8/c37-33(13-5-1-9-27-17-21-45-49-27)41-25-31(43-35(39)15-7-3-11-29-19-23-47-51-29)32(44-36(40)16-8-4-12-30-20-24-48-52-30)26-42-34(38)14-6-2-10-28-18-22-46-50-28/h27-32H,1-26H2. The Bertz CT molecular complexity index is 954. The smallest absolute Gasteiger partial charge is 0.306 e. The molecule has 298 valence electrons. The van der Waals surface area contributed by atoms with Gasteiger partial charge in [-0.1, -0.05) is 112 Å². The second-order valence-corrected chi connectivity index (χ2v) is 24.9. The van der Waals surface area contributed by atoms with E-state index in [2.05, 4.69) is 0 Å². The fourth-order valence-electron chi connectivity index (χ4n) is 6.21. The van der Waals surface area contributed by atoms with E-state index >= 15 is 0 Å². The molecule has 0 bridgehead atoms. The van der Waals surface area contributed by atoms with Crippen LogP contribution in [0.5, 0.6) is 0 Å². The average molecular weight is 875 g/mol. The zero-order chi connectivity index (χ0) is 36.6. The first-order valence-electron chi connectivity index (χ1n) is 19.3. The van der Waals surface area contributed by atoms with Gasteiger partial charge in [-0.25, -0.2) is 0 Å². The zero-order valence-corrected chi connectivity index (χ0v) is 36.9. The first-order chi connectivity index (χ1) is 25.4. The van der Waals surface area contributed by atoms with Crippen molar-refractivity contribution < 1.29 is 38.1 Å². The monoisotopic (exact) mass is 874 g/mol. The molecule has 4 aliphatic heterocycles. The summed E-state index contributed by atoms with van der Waals surface area (Å²) in [6.07, 6.45) is 14.6. The first-order valence-corrected chi connectivity index (χ1v) is 28.8. The molecule has 0 aromatic carbocycles. The molecule has 4 rings (SSSR count). The molecule has 0 radical (unpaired) electrons. The predicted molar refractivity (Wildman–Crippen MR) is 229 cm³/mol. The minimum absolute atomic E-state index is 0.224. The van der Waals surface area contributed by atoms with Gasteiger partial charge in [0, 0.05) is 69.7 Å². The second-order valence-electron chi connectivity index (χ2n) is 13.7. The highest BCUT2D eigenvalue weighted by Gasteiger charge is 2.32. The lowest BCUT2D eigenvalue weighted by atomic mass is 10.1. The van der Waals surface area contributed by atoms with Crippen molar-refractivity contribution in [2.75, 3.05) is 36.2 Å². The Morgan fingerprint density at radius 1 is 0.423 bits per heavy atom. The Labute approximate surface area is 343 Å². The molecule has 0 N–H and O–H groups in total. The molecule has 4 heterocycles. The summed E-state index contributed by atoms with van der Waals surface area (Å²) >= 11 is 0. The van der Waals surface area contributed by atoms with Crippen LogP contribution in [0.15, 0.2) is 0 Å². The fourth-order valence-corrected chi connectivity index (χ4v) is 18.3. The summed E-state index contributed by atoms with van der Waals surface area (Å²) in [6.45, 7) is -0.502. The van der Waals surface area contributed by atoms with Crippen molar-refractivity contribution in [2.45, 2.75) is 162 Å². The number of unbranched alkanes of at least 4 members (excludes halogenated alkanes) is 4. The van der Waals surface area contributed by atoms with Crippen molar-refractivity contribution >= 4 is 110 Å². The molecule has 4 aliphatic rings. The maximum atomic E-state index is 13.1. The van der Waals surface area contributed by atoms with Crippen LogP contribution < -0.4 is 0 Å². The summed E-state index contributed by atoms with van der Waals surface area (Å²) < 4.78 is 23.1. The van der Waals surface area contributed by atoms with Gasteiger partial charge in [-0.05, 0) is 77.0 Å². The Kier molecular flexibility index (Phi) is 24.6. The maximum Gasteiger partial charge on any atom is 0.306 e. The summed E-state index contributed by atoms with van der Waals surface area (Å²) in [4.78, 5) is 52.0. The van der Waals surface area contributed by atoms with Crippen LogP contribution in [0.3, 0.4) is 0 Å². The highest BCUT2D eigenvalue weighted by Crippen LogP contribution is 2.42. The molecule has 6 unspecified atom stereocenters. The van der Waals surface area contributed by atoms with Gasteiger partial charge in [0.2, 0.25) is 0 Å². The third-order valence-corrected chi connectivity index (χ3v) is 21.4. The zero-order valence-electron chi connectivity index (χ0n) is 30.4. The van der Waals surface area contributed by atoms with E-state index in [1.165, 1.54) is 48.7 Å². The molecule has 4 saturated heterocycles. The molecule has 6 atom stereocenters. The largest absolute Gasteiger partial charge is 0.462 e. The highest BCUT2D eigenvalue weighted by molar-refractivity contribution is 8.78. The van der Waals surface area contributed by atoms with E-state index < -0.39 is 24.1 Å². The van der Waals surface area contributed by atoms with Crippen LogP contribution in [-0.2, 0) is 38.1 Å². The van der Waals surface area contributed by atoms with Gasteiger partial charge in [0.1, 0.15) is 13.2 Å². The van der Waals surface area contributed by atoms with Crippen molar-refractivity contribution in [3.05, 3.63) is 0 Å². The third kappa shape index (κ3) is 20.2. The second kappa shape index (κ2) is 28.1. The molecule has 0 aromatic heterocycles. The Morgan fingerprint density at radius 2 is 0.712 bits per heavy atom. The number of hydrogen-bond donors (Lipinski definition) is 0. The summed E-state index contributed by atoms with van der Waals surface area (Å²) in [6, 6.07) is 0. The molecule has 8 nitrogen and oxygen atoms in total. The van der Waals surface area contributed by atoms with Crippen LogP contribution in [0.2, 0.25) is 0 Å². The summed E-state index contributed by atoms with van der Waals surface area (Å²) in [5.41, 5.74) is 0. The molecular formula is C36H58O8S8. The molecule has 0 saturated carbocycles. The van der Waals surface area contributed by atoms with Crippen molar-refractivity contribution in [3.8, 4) is 0 Å². The Hall–Kier alpha value is 0.680. The van der Waals surface area contributed by atoms with Crippen molar-refractivity contribution in [1.29, 1.82) is 0 Å². The highest BCUT2D eigenvalue weighted by atomic mass is 33.1. The van der Waals surface area contributed by atoms with E-state index in [4.69, 9.17) is 18.9 Å². The number of esters is 4. The molecule has 0 aliphatic carbocycles. The SMILES string of the molecule is O=C(CCCCC1CCSS1)OCC(OC(=O)CCCCC1CCSS1)C(COC(=O)CCCCC1CCSS1)OC(=O)CCCCC1CCSS1. The molecule has 0 aromatic rings. The molecule has 52 heavy (non-hydrogen) atoms. The number of hydrogen-bond acceptors (Lipinski definition) is 16. The minimum atomic E-state index is -1.06. The van der Waals surface area contributed by atoms with Crippen molar-refractivity contribution in [3.63, 3.8) is 0 Å². The van der Waals surface area contributed by atoms with Crippen molar-refractivity contribution in [1.82, 2.24) is 0 Å². The Balaban J connectivity index is 1.29. The van der Waals surface area contributed by atoms with E-state index in [0.717, 1.165) is 64.2 Å². The quantitative estimate of drug-likeness (QED) is 0.0338. The van der Waals surface area contributed by atoms with E-state index in [0.29, 0.717) is 33.8 Å². The topological polar surface area (TPSA) is 105 Å². The molecule has 0 amide bonds. The summed E-state index contributed by atoms with van der Waals surface area (Å²) in [5, 5.41) is 2.59. The number of carbonyl (C=O) groups excluding carboxylic acids is 4. The average Bonchev–Trinajstić information content (AvgIpc) is 3.99.